The van der Waals surface area contributed by atoms with E-state index in [-0.39, 0.29) is 5.91 Å². The van der Waals surface area contributed by atoms with Crippen LogP contribution in [0.4, 0.5) is 0 Å². The minimum absolute atomic E-state index is 0.210. The van der Waals surface area contributed by atoms with Crippen molar-refractivity contribution in [2.45, 2.75) is 26.2 Å². The van der Waals surface area contributed by atoms with Crippen molar-refractivity contribution in [1.29, 1.82) is 0 Å². The number of methoxy groups -OCH3 is 1. The Balaban J connectivity index is 1.85. The van der Waals surface area contributed by atoms with E-state index in [9.17, 15) is 4.79 Å². The Labute approximate surface area is 127 Å². The number of nitrogens with zero attached hydrogens (tertiary/aromatic N) is 1. The third-order valence-electron chi connectivity index (χ3n) is 4.18. The topological polar surface area (TPSA) is 41.6 Å². The molecule has 0 aromatic heterocycles. The Morgan fingerprint density at radius 1 is 1.33 bits per heavy atom. The van der Waals surface area contributed by atoms with Crippen molar-refractivity contribution in [2.24, 2.45) is 5.92 Å². The summed E-state index contributed by atoms with van der Waals surface area (Å²) < 4.78 is 5.32. The van der Waals surface area contributed by atoms with Crippen LogP contribution in [-0.4, -0.2) is 44.1 Å². The van der Waals surface area contributed by atoms with Gasteiger partial charge in [-0.25, -0.2) is 0 Å². The zero-order valence-corrected chi connectivity index (χ0v) is 13.1. The van der Waals surface area contributed by atoms with Gasteiger partial charge in [0.1, 0.15) is 5.75 Å². The zero-order chi connectivity index (χ0) is 15.1. The van der Waals surface area contributed by atoms with Gasteiger partial charge >= 0.3 is 0 Å². The van der Waals surface area contributed by atoms with Gasteiger partial charge in [0.15, 0.2) is 0 Å². The highest BCUT2D eigenvalue weighted by Crippen LogP contribution is 2.21. The van der Waals surface area contributed by atoms with Gasteiger partial charge in [-0.2, -0.15) is 0 Å². The van der Waals surface area contributed by atoms with Crippen molar-refractivity contribution in [1.82, 2.24) is 10.2 Å². The van der Waals surface area contributed by atoms with Crippen LogP contribution in [0.5, 0.6) is 5.75 Å². The SMILES string of the molecule is CCNCC1CCN(C(=O)Cc2ccccc2OC)CC1. The second-order valence-corrected chi connectivity index (χ2v) is 5.62. The molecule has 0 bridgehead atoms. The van der Waals surface area contributed by atoms with Crippen molar-refractivity contribution in [2.75, 3.05) is 33.3 Å². The number of ether oxygens (including phenoxy) is 1. The Morgan fingerprint density at radius 3 is 2.71 bits per heavy atom. The summed E-state index contributed by atoms with van der Waals surface area (Å²) in [6, 6.07) is 7.76. The molecule has 1 aliphatic heterocycles. The van der Waals surface area contributed by atoms with Crippen LogP contribution in [0.15, 0.2) is 24.3 Å². The highest BCUT2D eigenvalue weighted by Gasteiger charge is 2.23. The third kappa shape index (κ3) is 4.46. The van der Waals surface area contributed by atoms with Crippen LogP contribution in [0, 0.1) is 5.92 Å². The average molecular weight is 290 g/mol. The van der Waals surface area contributed by atoms with E-state index in [1.54, 1.807) is 7.11 Å². The first kappa shape index (κ1) is 15.8. The molecule has 0 saturated carbocycles. The first-order chi connectivity index (χ1) is 10.2. The molecule has 1 heterocycles. The second-order valence-electron chi connectivity index (χ2n) is 5.62. The molecule has 2 rings (SSSR count). The van der Waals surface area contributed by atoms with Gasteiger partial charge in [-0.1, -0.05) is 25.1 Å². The van der Waals surface area contributed by atoms with Crippen molar-refractivity contribution >= 4 is 5.91 Å². The number of piperidine rings is 1. The third-order valence-corrected chi connectivity index (χ3v) is 4.18. The molecule has 1 aliphatic rings. The number of nitrogens with one attached hydrogen (secondary N) is 1. The predicted molar refractivity (Wildman–Crippen MR) is 84.5 cm³/mol. The van der Waals surface area contributed by atoms with Crippen LogP contribution in [0.25, 0.3) is 0 Å². The lowest BCUT2D eigenvalue weighted by Crippen LogP contribution is -2.41. The monoisotopic (exact) mass is 290 g/mol. The van der Waals surface area contributed by atoms with E-state index in [1.807, 2.05) is 29.2 Å². The van der Waals surface area contributed by atoms with E-state index >= 15 is 0 Å². The number of hydrogen-bond donors (Lipinski definition) is 1. The molecule has 4 heteroatoms. The first-order valence-corrected chi connectivity index (χ1v) is 7.85. The molecule has 116 valence electrons. The number of carbonyl (C=O) groups excluding carboxylic acids is 1. The summed E-state index contributed by atoms with van der Waals surface area (Å²) >= 11 is 0. The highest BCUT2D eigenvalue weighted by atomic mass is 16.5. The number of hydrogen-bond acceptors (Lipinski definition) is 3. The molecule has 1 amide bonds. The average Bonchev–Trinajstić information content (AvgIpc) is 2.54. The summed E-state index contributed by atoms with van der Waals surface area (Å²) in [7, 11) is 1.65. The molecule has 4 nitrogen and oxygen atoms in total. The van der Waals surface area contributed by atoms with Crippen LogP contribution >= 0.6 is 0 Å². The molecule has 1 saturated heterocycles. The summed E-state index contributed by atoms with van der Waals surface area (Å²) in [5.41, 5.74) is 0.972. The lowest BCUT2D eigenvalue weighted by Gasteiger charge is -2.32. The molecular formula is C17H26N2O2. The Kier molecular flexibility index (Phi) is 6.05. The fraction of sp³-hybridized carbons (Fsp3) is 0.588. The fourth-order valence-corrected chi connectivity index (χ4v) is 2.86. The second kappa shape index (κ2) is 8.03. The summed E-state index contributed by atoms with van der Waals surface area (Å²) in [6.07, 6.45) is 2.64. The maximum Gasteiger partial charge on any atom is 0.227 e. The predicted octanol–water partition coefficient (Wildman–Crippen LogP) is 2.09. The fourth-order valence-electron chi connectivity index (χ4n) is 2.86. The van der Waals surface area contributed by atoms with Gasteiger partial charge in [0.05, 0.1) is 13.5 Å². The lowest BCUT2D eigenvalue weighted by molar-refractivity contribution is -0.131. The van der Waals surface area contributed by atoms with Gasteiger partial charge in [-0.15, -0.1) is 0 Å². The van der Waals surface area contributed by atoms with E-state index < -0.39 is 0 Å². The number of para-hydroxylation sites is 1. The number of rotatable bonds is 6. The zero-order valence-electron chi connectivity index (χ0n) is 13.1. The Hall–Kier alpha value is -1.55. The molecule has 0 unspecified atom stereocenters. The standard InChI is InChI=1S/C17H26N2O2/c1-3-18-13-14-8-10-19(11-9-14)17(20)12-15-6-4-5-7-16(15)21-2/h4-7,14,18H,3,8-13H2,1-2H3. The summed E-state index contributed by atoms with van der Waals surface area (Å²) in [5.74, 6) is 1.72. The molecule has 1 aromatic rings. The number of benzene rings is 1. The summed E-state index contributed by atoms with van der Waals surface area (Å²) in [5, 5.41) is 3.40. The number of amides is 1. The van der Waals surface area contributed by atoms with Crippen LogP contribution < -0.4 is 10.1 Å². The summed E-state index contributed by atoms with van der Waals surface area (Å²) in [6.45, 7) is 5.98. The molecular weight excluding hydrogens is 264 g/mol. The minimum atomic E-state index is 0.210. The maximum atomic E-state index is 12.4. The molecule has 0 radical (unpaired) electrons. The van der Waals surface area contributed by atoms with Gasteiger partial charge in [-0.05, 0) is 37.9 Å². The van der Waals surface area contributed by atoms with Crippen molar-refractivity contribution in [3.05, 3.63) is 29.8 Å². The van der Waals surface area contributed by atoms with Crippen LogP contribution in [0.2, 0.25) is 0 Å². The minimum Gasteiger partial charge on any atom is -0.496 e. The van der Waals surface area contributed by atoms with Gasteiger partial charge in [0.2, 0.25) is 5.91 Å². The van der Waals surface area contributed by atoms with Crippen molar-refractivity contribution in [3.8, 4) is 5.75 Å². The summed E-state index contributed by atoms with van der Waals surface area (Å²) in [4.78, 5) is 14.4. The largest absolute Gasteiger partial charge is 0.496 e. The molecule has 0 spiro atoms. The molecule has 0 aliphatic carbocycles. The van der Waals surface area contributed by atoms with Crippen LogP contribution in [0.1, 0.15) is 25.3 Å². The van der Waals surface area contributed by atoms with Gasteiger partial charge in [0.25, 0.3) is 0 Å². The lowest BCUT2D eigenvalue weighted by atomic mass is 9.96. The van der Waals surface area contributed by atoms with E-state index in [0.29, 0.717) is 12.3 Å². The van der Waals surface area contributed by atoms with E-state index in [2.05, 4.69) is 12.2 Å². The molecule has 21 heavy (non-hydrogen) atoms. The van der Waals surface area contributed by atoms with Gasteiger partial charge < -0.3 is 15.0 Å². The van der Waals surface area contributed by atoms with Crippen LogP contribution in [0.3, 0.4) is 0 Å². The van der Waals surface area contributed by atoms with Gasteiger partial charge in [0, 0.05) is 18.7 Å². The molecule has 0 atom stereocenters. The first-order valence-electron chi connectivity index (χ1n) is 7.85. The van der Waals surface area contributed by atoms with Crippen LogP contribution in [-0.2, 0) is 11.2 Å². The van der Waals surface area contributed by atoms with Crippen molar-refractivity contribution < 1.29 is 9.53 Å². The maximum absolute atomic E-state index is 12.4. The quantitative estimate of drug-likeness (QED) is 0.872. The Morgan fingerprint density at radius 2 is 2.05 bits per heavy atom. The smallest absolute Gasteiger partial charge is 0.227 e. The number of likely N-dealkylation sites (tertiary alicyclic amines) is 1. The normalized spacial score (nSPS) is 16.0. The van der Waals surface area contributed by atoms with Crippen molar-refractivity contribution in [3.63, 3.8) is 0 Å². The molecule has 1 aromatic carbocycles. The Bertz CT molecular complexity index is 454. The molecule has 1 fully saturated rings. The molecule has 1 N–H and O–H groups in total. The van der Waals surface area contributed by atoms with E-state index in [4.69, 9.17) is 4.74 Å². The van der Waals surface area contributed by atoms with Gasteiger partial charge in [-0.3, -0.25) is 4.79 Å². The highest BCUT2D eigenvalue weighted by molar-refractivity contribution is 5.79. The number of carbonyl (C=O) groups is 1. The van der Waals surface area contributed by atoms with E-state index in [0.717, 1.165) is 50.3 Å². The van der Waals surface area contributed by atoms with E-state index in [1.165, 1.54) is 0 Å².